The Morgan fingerprint density at radius 1 is 1.23 bits per heavy atom. The molecular formula is C25H30N2O3. The molecule has 2 aliphatic carbocycles. The highest BCUT2D eigenvalue weighted by atomic mass is 16.5. The number of benzene rings is 1. The molecule has 0 spiro atoms. The molecule has 1 aliphatic heterocycles. The van der Waals surface area contributed by atoms with E-state index in [-0.39, 0.29) is 6.10 Å². The zero-order valence-corrected chi connectivity index (χ0v) is 17.7. The number of nitrogens with one attached hydrogen (secondary N) is 1. The van der Waals surface area contributed by atoms with Gasteiger partial charge in [-0.3, -0.25) is 4.90 Å². The minimum Gasteiger partial charge on any atom is -0.478 e. The summed E-state index contributed by atoms with van der Waals surface area (Å²) in [7, 11) is 1.82. The summed E-state index contributed by atoms with van der Waals surface area (Å²) < 4.78 is 5.92. The van der Waals surface area contributed by atoms with Gasteiger partial charge in [0.2, 0.25) is 0 Å². The fraction of sp³-hybridized carbons (Fsp3) is 0.480. The molecule has 5 nitrogen and oxygen atoms in total. The Hall–Kier alpha value is -2.37. The first-order valence-corrected chi connectivity index (χ1v) is 11.0. The van der Waals surface area contributed by atoms with Gasteiger partial charge in [-0.25, -0.2) is 4.79 Å². The van der Waals surface area contributed by atoms with Gasteiger partial charge >= 0.3 is 5.97 Å². The van der Waals surface area contributed by atoms with Gasteiger partial charge in [-0.2, -0.15) is 0 Å². The van der Waals surface area contributed by atoms with Crippen molar-refractivity contribution in [2.24, 2.45) is 11.8 Å². The second-order valence-electron chi connectivity index (χ2n) is 9.16. The van der Waals surface area contributed by atoms with Gasteiger partial charge in [0.15, 0.2) is 0 Å². The monoisotopic (exact) mass is 406 g/mol. The predicted molar refractivity (Wildman–Crippen MR) is 116 cm³/mol. The smallest absolute Gasteiger partial charge is 0.335 e. The van der Waals surface area contributed by atoms with Crippen LogP contribution < -0.4 is 10.6 Å². The summed E-state index contributed by atoms with van der Waals surface area (Å²) in [5.74, 6) is 0.527. The average molecular weight is 407 g/mol. The van der Waals surface area contributed by atoms with Gasteiger partial charge in [-0.05, 0) is 66.5 Å². The molecule has 2 N–H and O–H groups in total. The number of ether oxygens (including phenoxy) is 1. The number of carboxylic acids is 1. The van der Waals surface area contributed by atoms with Crippen molar-refractivity contribution in [2.75, 3.05) is 20.2 Å². The summed E-state index contributed by atoms with van der Waals surface area (Å²) >= 11 is 0. The normalized spacial score (nSPS) is 28.6. The number of H-pyrrole nitrogens is 1. The molecule has 1 aromatic carbocycles. The van der Waals surface area contributed by atoms with E-state index in [1.807, 2.05) is 25.4 Å². The number of hydrogen-bond donors (Lipinski definition) is 2. The van der Waals surface area contributed by atoms with Crippen molar-refractivity contribution < 1.29 is 14.6 Å². The van der Waals surface area contributed by atoms with E-state index in [4.69, 9.17) is 4.74 Å². The van der Waals surface area contributed by atoms with E-state index in [9.17, 15) is 9.90 Å². The molecule has 2 fully saturated rings. The highest BCUT2D eigenvalue weighted by Crippen LogP contribution is 2.49. The molecule has 1 aromatic heterocycles. The summed E-state index contributed by atoms with van der Waals surface area (Å²) in [6, 6.07) is 10.1. The number of hydrogen-bond acceptors (Lipinski definition) is 3. The van der Waals surface area contributed by atoms with E-state index in [1.165, 1.54) is 46.5 Å². The van der Waals surface area contributed by atoms with Crippen molar-refractivity contribution in [1.82, 2.24) is 9.88 Å². The number of carbonyl (C=O) groups is 1. The maximum Gasteiger partial charge on any atom is 0.335 e. The van der Waals surface area contributed by atoms with Crippen molar-refractivity contribution >= 4 is 17.1 Å². The first-order chi connectivity index (χ1) is 14.6. The predicted octanol–water partition coefficient (Wildman–Crippen LogP) is 2.93. The van der Waals surface area contributed by atoms with Gasteiger partial charge in [0, 0.05) is 49.4 Å². The first kappa shape index (κ1) is 19.6. The SMILES string of the molecule is COC1CC(C)=c2[nH]ccc2=C1CN1CC2CCCC2C1c1ccc(C(=O)O)cc1. The summed E-state index contributed by atoms with van der Waals surface area (Å²) in [4.78, 5) is 17.3. The zero-order valence-electron chi connectivity index (χ0n) is 17.7. The van der Waals surface area contributed by atoms with E-state index >= 15 is 0 Å². The third kappa shape index (κ3) is 3.21. The third-order valence-electron chi connectivity index (χ3n) is 7.54. The molecule has 0 bridgehead atoms. The number of aromatic nitrogens is 1. The molecule has 3 aliphatic rings. The van der Waals surface area contributed by atoms with Crippen LogP contribution in [0.25, 0.3) is 11.1 Å². The Bertz CT molecular complexity index is 1070. The van der Waals surface area contributed by atoms with Crippen molar-refractivity contribution in [1.29, 1.82) is 0 Å². The minimum atomic E-state index is -0.865. The molecular weight excluding hydrogens is 376 g/mol. The molecule has 4 unspecified atom stereocenters. The van der Waals surface area contributed by atoms with Crippen LogP contribution in [0.5, 0.6) is 0 Å². The lowest BCUT2D eigenvalue weighted by Crippen LogP contribution is -2.41. The minimum absolute atomic E-state index is 0.115. The van der Waals surface area contributed by atoms with E-state index in [1.54, 1.807) is 12.1 Å². The van der Waals surface area contributed by atoms with Crippen molar-refractivity contribution in [3.05, 3.63) is 58.2 Å². The van der Waals surface area contributed by atoms with Crippen LogP contribution in [-0.4, -0.2) is 47.3 Å². The Kier molecular flexibility index (Phi) is 5.03. The Morgan fingerprint density at radius 3 is 2.77 bits per heavy atom. The number of aromatic amines is 1. The summed E-state index contributed by atoms with van der Waals surface area (Å²) in [6.07, 6.45) is 6.95. The molecule has 0 radical (unpaired) electrons. The van der Waals surface area contributed by atoms with Crippen LogP contribution in [0.3, 0.4) is 0 Å². The van der Waals surface area contributed by atoms with E-state index in [0.29, 0.717) is 17.5 Å². The third-order valence-corrected chi connectivity index (χ3v) is 7.54. The van der Waals surface area contributed by atoms with Gasteiger partial charge < -0.3 is 14.8 Å². The lowest BCUT2D eigenvalue weighted by molar-refractivity contribution is 0.0697. The van der Waals surface area contributed by atoms with E-state index in [2.05, 4.69) is 22.9 Å². The lowest BCUT2D eigenvalue weighted by Gasteiger charge is -2.32. The van der Waals surface area contributed by atoms with Crippen molar-refractivity contribution in [3.8, 4) is 0 Å². The molecule has 30 heavy (non-hydrogen) atoms. The van der Waals surface area contributed by atoms with Gasteiger partial charge in [0.05, 0.1) is 11.7 Å². The summed E-state index contributed by atoms with van der Waals surface area (Å²) in [5.41, 5.74) is 4.32. The number of fused-ring (bicyclic) bond motifs is 2. The van der Waals surface area contributed by atoms with E-state index < -0.39 is 5.97 Å². The molecule has 2 heterocycles. The second kappa shape index (κ2) is 7.71. The van der Waals surface area contributed by atoms with Gasteiger partial charge in [0.1, 0.15) is 0 Å². The van der Waals surface area contributed by atoms with Crippen molar-refractivity contribution in [3.63, 3.8) is 0 Å². The summed E-state index contributed by atoms with van der Waals surface area (Å²) in [6.45, 7) is 4.19. The Balaban J connectivity index is 1.53. The standard InChI is InChI=1S/C25H30N2O3/c1-15-12-22(30-2)21(20-10-11-26-23(15)20)14-27-13-18-4-3-5-19(18)24(27)16-6-8-17(9-7-16)25(28)29/h6-11,18-19,22,24,26H,3-5,12-14H2,1-2H3,(H,28,29). The number of aromatic carboxylic acids is 1. The number of carboxylic acid groups (broad SMARTS) is 1. The first-order valence-electron chi connectivity index (χ1n) is 11.0. The Labute approximate surface area is 177 Å². The molecule has 5 heteroatoms. The number of nitrogens with zero attached hydrogens (tertiary/aromatic N) is 1. The van der Waals surface area contributed by atoms with Gasteiger partial charge in [-0.1, -0.05) is 18.6 Å². The Morgan fingerprint density at radius 2 is 2.03 bits per heavy atom. The molecule has 1 saturated heterocycles. The van der Waals surface area contributed by atoms with Gasteiger partial charge in [-0.15, -0.1) is 0 Å². The zero-order chi connectivity index (χ0) is 20.8. The van der Waals surface area contributed by atoms with Gasteiger partial charge in [0.25, 0.3) is 0 Å². The van der Waals surface area contributed by atoms with Crippen LogP contribution in [0, 0.1) is 11.8 Å². The highest BCUT2D eigenvalue weighted by Gasteiger charge is 2.45. The molecule has 2 aromatic rings. The molecule has 4 atom stereocenters. The highest BCUT2D eigenvalue weighted by molar-refractivity contribution is 5.87. The van der Waals surface area contributed by atoms with Crippen molar-refractivity contribution in [2.45, 2.75) is 44.8 Å². The average Bonchev–Trinajstić information content (AvgIpc) is 3.46. The van der Waals surface area contributed by atoms with Crippen LogP contribution in [-0.2, 0) is 4.74 Å². The van der Waals surface area contributed by atoms with Crippen LogP contribution in [0.1, 0.15) is 54.6 Å². The maximum absolute atomic E-state index is 11.3. The molecule has 158 valence electrons. The van der Waals surface area contributed by atoms with E-state index in [0.717, 1.165) is 25.4 Å². The number of likely N-dealkylation sites (tertiary alicyclic amines) is 1. The van der Waals surface area contributed by atoms with Crippen LogP contribution in [0.2, 0.25) is 0 Å². The molecule has 5 rings (SSSR count). The van der Waals surface area contributed by atoms with Crippen LogP contribution in [0.4, 0.5) is 0 Å². The lowest BCUT2D eigenvalue weighted by atomic mass is 9.88. The number of rotatable bonds is 5. The second-order valence-corrected chi connectivity index (χ2v) is 9.16. The van der Waals surface area contributed by atoms with Crippen LogP contribution in [0.15, 0.2) is 36.5 Å². The molecule has 1 saturated carbocycles. The fourth-order valence-electron chi connectivity index (χ4n) is 6.14. The largest absolute Gasteiger partial charge is 0.478 e. The quantitative estimate of drug-likeness (QED) is 0.801. The summed E-state index contributed by atoms with van der Waals surface area (Å²) in [5, 5.41) is 11.8. The van der Waals surface area contributed by atoms with Crippen LogP contribution >= 0.6 is 0 Å². The maximum atomic E-state index is 11.3. The topological polar surface area (TPSA) is 65.6 Å². The number of methoxy groups -OCH3 is 1. The fourth-order valence-corrected chi connectivity index (χ4v) is 6.14. The molecule has 0 amide bonds.